The lowest BCUT2D eigenvalue weighted by Crippen LogP contribution is -2.20. The van der Waals surface area contributed by atoms with Crippen LogP contribution in [0.2, 0.25) is 5.02 Å². The molecule has 1 aliphatic heterocycles. The molecule has 1 aromatic carbocycles. The van der Waals surface area contributed by atoms with Crippen molar-refractivity contribution in [3.05, 3.63) is 29.3 Å². The largest absolute Gasteiger partial charge is 0.334 e. The molecule has 0 fully saturated rings. The van der Waals surface area contributed by atoms with Crippen molar-refractivity contribution < 1.29 is 0 Å². The van der Waals surface area contributed by atoms with Crippen LogP contribution in [-0.4, -0.2) is 16.5 Å². The van der Waals surface area contributed by atoms with Crippen LogP contribution in [0.5, 0.6) is 0 Å². The lowest BCUT2D eigenvalue weighted by Gasteiger charge is -2.15. The number of aliphatic imine (C=N–C) groups is 1. The van der Waals surface area contributed by atoms with E-state index in [0.29, 0.717) is 0 Å². The highest BCUT2D eigenvalue weighted by Gasteiger charge is 2.28. The van der Waals surface area contributed by atoms with Crippen molar-refractivity contribution >= 4 is 34.2 Å². The number of rotatable bonds is 2. The summed E-state index contributed by atoms with van der Waals surface area (Å²) in [7, 11) is 0. The van der Waals surface area contributed by atoms with Gasteiger partial charge in [-0.3, -0.25) is 4.99 Å². The molecule has 2 rings (SSSR count). The molecule has 1 atom stereocenters. The molecule has 0 bridgehead atoms. The summed E-state index contributed by atoms with van der Waals surface area (Å²) in [6, 6.07) is 7.73. The first-order chi connectivity index (χ1) is 7.63. The number of benzene rings is 1. The number of amidine groups is 1. The van der Waals surface area contributed by atoms with Crippen LogP contribution in [0.3, 0.4) is 0 Å². The summed E-state index contributed by atoms with van der Waals surface area (Å²) in [5.41, 5.74) is 1.00. The molecule has 86 valence electrons. The summed E-state index contributed by atoms with van der Waals surface area (Å²) in [6.45, 7) is 4.35. The SMILES string of the molecule is CCC1(C)CSC(Nc2ccccc2Cl)=N1. The van der Waals surface area contributed by atoms with Crippen molar-refractivity contribution in [2.45, 2.75) is 25.8 Å². The van der Waals surface area contributed by atoms with E-state index in [2.05, 4.69) is 24.2 Å². The van der Waals surface area contributed by atoms with Crippen molar-refractivity contribution in [3.8, 4) is 0 Å². The number of hydrogen-bond donors (Lipinski definition) is 1. The predicted octanol–water partition coefficient (Wildman–Crippen LogP) is 4.02. The van der Waals surface area contributed by atoms with Crippen LogP contribution in [0.4, 0.5) is 5.69 Å². The zero-order chi connectivity index (χ0) is 11.6. The first-order valence-corrected chi connectivity index (χ1v) is 6.73. The third kappa shape index (κ3) is 2.53. The summed E-state index contributed by atoms with van der Waals surface area (Å²) >= 11 is 7.84. The van der Waals surface area contributed by atoms with Gasteiger partial charge in [0.1, 0.15) is 0 Å². The number of nitrogens with one attached hydrogen (secondary N) is 1. The number of hydrogen-bond acceptors (Lipinski definition) is 3. The van der Waals surface area contributed by atoms with Crippen molar-refractivity contribution in [1.29, 1.82) is 0 Å². The van der Waals surface area contributed by atoms with E-state index in [0.717, 1.165) is 28.1 Å². The fourth-order valence-electron chi connectivity index (χ4n) is 1.46. The molecule has 0 radical (unpaired) electrons. The highest BCUT2D eigenvalue weighted by atomic mass is 35.5. The molecule has 0 spiro atoms. The Bertz CT molecular complexity index is 419. The molecule has 0 amide bonds. The molecule has 0 aromatic heterocycles. The van der Waals surface area contributed by atoms with E-state index in [4.69, 9.17) is 11.6 Å². The molecule has 1 heterocycles. The molecule has 0 saturated heterocycles. The van der Waals surface area contributed by atoms with Gasteiger partial charge in [-0.25, -0.2) is 0 Å². The van der Waals surface area contributed by atoms with Crippen LogP contribution >= 0.6 is 23.4 Å². The van der Waals surface area contributed by atoms with E-state index in [-0.39, 0.29) is 5.54 Å². The second-order valence-electron chi connectivity index (χ2n) is 4.16. The van der Waals surface area contributed by atoms with E-state index in [9.17, 15) is 0 Å². The van der Waals surface area contributed by atoms with Gasteiger partial charge in [-0.05, 0) is 25.5 Å². The van der Waals surface area contributed by atoms with Gasteiger partial charge >= 0.3 is 0 Å². The summed E-state index contributed by atoms with van der Waals surface area (Å²) < 4.78 is 0. The normalized spacial score (nSPS) is 24.3. The van der Waals surface area contributed by atoms with Gasteiger partial charge in [-0.2, -0.15) is 0 Å². The molecule has 2 nitrogen and oxygen atoms in total. The van der Waals surface area contributed by atoms with Crippen molar-refractivity contribution in [2.24, 2.45) is 4.99 Å². The average Bonchev–Trinajstić information content (AvgIpc) is 2.65. The Balaban J connectivity index is 2.13. The molecule has 1 unspecified atom stereocenters. The third-order valence-electron chi connectivity index (χ3n) is 2.77. The fourth-order valence-corrected chi connectivity index (χ4v) is 2.82. The maximum atomic E-state index is 6.08. The second kappa shape index (κ2) is 4.68. The quantitative estimate of drug-likeness (QED) is 0.862. The molecule has 0 saturated carbocycles. The van der Waals surface area contributed by atoms with Crippen LogP contribution in [0.15, 0.2) is 29.3 Å². The van der Waals surface area contributed by atoms with Crippen LogP contribution in [0, 0.1) is 0 Å². The molecule has 1 N–H and O–H groups in total. The van der Waals surface area contributed by atoms with Gasteiger partial charge in [-0.1, -0.05) is 42.4 Å². The molecule has 4 heteroatoms. The standard InChI is InChI=1S/C12H15ClN2S/c1-3-12(2)8-16-11(15-12)14-10-7-5-4-6-9(10)13/h4-7H,3,8H2,1-2H3,(H,14,15). The number of anilines is 1. The number of thioether (sulfide) groups is 1. The number of para-hydroxylation sites is 1. The summed E-state index contributed by atoms with van der Waals surface area (Å²) in [5, 5.41) is 4.98. The van der Waals surface area contributed by atoms with E-state index < -0.39 is 0 Å². The van der Waals surface area contributed by atoms with Gasteiger partial charge in [0.2, 0.25) is 0 Å². The van der Waals surface area contributed by atoms with E-state index in [1.807, 2.05) is 24.3 Å². The van der Waals surface area contributed by atoms with Gasteiger partial charge in [-0.15, -0.1) is 0 Å². The smallest absolute Gasteiger partial charge is 0.161 e. The molecule has 1 aliphatic rings. The second-order valence-corrected chi connectivity index (χ2v) is 5.53. The number of halogens is 1. The lowest BCUT2D eigenvalue weighted by atomic mass is 10.0. The van der Waals surface area contributed by atoms with Crippen LogP contribution in [0.1, 0.15) is 20.3 Å². The van der Waals surface area contributed by atoms with Crippen LogP contribution < -0.4 is 5.32 Å². The van der Waals surface area contributed by atoms with Gasteiger partial charge in [0.05, 0.1) is 16.2 Å². The Labute approximate surface area is 105 Å². The first-order valence-electron chi connectivity index (χ1n) is 5.37. The van der Waals surface area contributed by atoms with Crippen molar-refractivity contribution in [3.63, 3.8) is 0 Å². The Morgan fingerprint density at radius 3 is 2.88 bits per heavy atom. The minimum atomic E-state index is 0.0776. The van der Waals surface area contributed by atoms with Gasteiger partial charge < -0.3 is 5.32 Å². The Morgan fingerprint density at radius 1 is 1.50 bits per heavy atom. The molecular weight excluding hydrogens is 240 g/mol. The maximum absolute atomic E-state index is 6.08. The summed E-state index contributed by atoms with van der Waals surface area (Å²) in [6.07, 6.45) is 1.06. The monoisotopic (exact) mass is 254 g/mol. The zero-order valence-electron chi connectivity index (χ0n) is 9.46. The van der Waals surface area contributed by atoms with E-state index >= 15 is 0 Å². The Hall–Kier alpha value is -0.670. The average molecular weight is 255 g/mol. The van der Waals surface area contributed by atoms with E-state index in [1.54, 1.807) is 11.8 Å². The molecule has 1 aromatic rings. The number of nitrogens with zero attached hydrogens (tertiary/aromatic N) is 1. The molecular formula is C12H15ClN2S. The predicted molar refractivity (Wildman–Crippen MR) is 73.7 cm³/mol. The van der Waals surface area contributed by atoms with Gasteiger partial charge in [0.25, 0.3) is 0 Å². The highest BCUT2D eigenvalue weighted by molar-refractivity contribution is 8.14. The Morgan fingerprint density at radius 2 is 2.25 bits per heavy atom. The maximum Gasteiger partial charge on any atom is 0.161 e. The summed E-state index contributed by atoms with van der Waals surface area (Å²) in [4.78, 5) is 4.68. The minimum Gasteiger partial charge on any atom is -0.334 e. The minimum absolute atomic E-state index is 0.0776. The van der Waals surface area contributed by atoms with Gasteiger partial charge in [0.15, 0.2) is 5.17 Å². The van der Waals surface area contributed by atoms with Crippen molar-refractivity contribution in [2.75, 3.05) is 11.1 Å². The Kier molecular flexibility index (Phi) is 3.45. The van der Waals surface area contributed by atoms with Crippen molar-refractivity contribution in [1.82, 2.24) is 0 Å². The van der Waals surface area contributed by atoms with Gasteiger partial charge in [0, 0.05) is 5.75 Å². The fraction of sp³-hybridized carbons (Fsp3) is 0.417. The molecule has 16 heavy (non-hydrogen) atoms. The zero-order valence-corrected chi connectivity index (χ0v) is 11.0. The van der Waals surface area contributed by atoms with E-state index in [1.165, 1.54) is 0 Å². The highest BCUT2D eigenvalue weighted by Crippen LogP contribution is 2.31. The third-order valence-corrected chi connectivity index (χ3v) is 4.33. The molecule has 0 aliphatic carbocycles. The lowest BCUT2D eigenvalue weighted by molar-refractivity contribution is 0.523. The summed E-state index contributed by atoms with van der Waals surface area (Å²) in [5.74, 6) is 1.04. The topological polar surface area (TPSA) is 24.4 Å². The van der Waals surface area contributed by atoms with Crippen LogP contribution in [0.25, 0.3) is 0 Å². The first kappa shape index (κ1) is 11.8. The van der Waals surface area contributed by atoms with Crippen LogP contribution in [-0.2, 0) is 0 Å².